The fraction of sp³-hybridized carbons (Fsp3) is 0.545. The summed E-state index contributed by atoms with van der Waals surface area (Å²) in [7, 11) is -3.62. The van der Waals surface area contributed by atoms with Crippen LogP contribution in [0, 0.1) is 0 Å². The molecule has 0 bridgehead atoms. The van der Waals surface area contributed by atoms with Gasteiger partial charge in [0.25, 0.3) is 0 Å². The summed E-state index contributed by atoms with van der Waals surface area (Å²) < 4.78 is 26.3. The summed E-state index contributed by atoms with van der Waals surface area (Å²) in [5.41, 5.74) is 5.78. The zero-order valence-electron chi connectivity index (χ0n) is 10.6. The van der Waals surface area contributed by atoms with Crippen molar-refractivity contribution in [1.82, 2.24) is 9.29 Å². The number of rotatable bonds is 6. The van der Waals surface area contributed by atoms with Crippen molar-refractivity contribution < 1.29 is 8.42 Å². The number of sulfonamides is 1. The van der Waals surface area contributed by atoms with Crippen LogP contribution in [0.1, 0.15) is 26.7 Å². The first-order valence-electron chi connectivity index (χ1n) is 5.84. The van der Waals surface area contributed by atoms with Crippen LogP contribution in [0.15, 0.2) is 17.3 Å². The van der Waals surface area contributed by atoms with E-state index in [4.69, 9.17) is 17.3 Å². The van der Waals surface area contributed by atoms with Gasteiger partial charge in [-0.3, -0.25) is 4.98 Å². The zero-order valence-corrected chi connectivity index (χ0v) is 12.1. The van der Waals surface area contributed by atoms with Gasteiger partial charge < -0.3 is 5.73 Å². The first-order valence-corrected chi connectivity index (χ1v) is 7.66. The molecule has 0 aromatic carbocycles. The van der Waals surface area contributed by atoms with Crippen LogP contribution in [0.3, 0.4) is 0 Å². The van der Waals surface area contributed by atoms with E-state index in [2.05, 4.69) is 4.98 Å². The van der Waals surface area contributed by atoms with Crippen molar-refractivity contribution in [3.05, 3.63) is 17.4 Å². The van der Waals surface area contributed by atoms with Crippen LogP contribution in [0.2, 0.25) is 5.02 Å². The molecule has 1 rings (SSSR count). The number of hydrogen-bond acceptors (Lipinski definition) is 4. The third-order valence-corrected chi connectivity index (χ3v) is 4.69. The Balaban J connectivity index is 3.22. The van der Waals surface area contributed by atoms with E-state index >= 15 is 0 Å². The van der Waals surface area contributed by atoms with Gasteiger partial charge in [-0.2, -0.15) is 4.31 Å². The average molecular weight is 292 g/mol. The Bertz CT molecular complexity index is 499. The SMILES string of the molecule is CCCN(CCC)S(=O)(=O)c1cncc(Cl)c1N. The van der Waals surface area contributed by atoms with E-state index in [1.54, 1.807) is 0 Å². The molecule has 102 valence electrons. The summed E-state index contributed by atoms with van der Waals surface area (Å²) in [6.07, 6.45) is 4.06. The molecule has 0 aliphatic heterocycles. The van der Waals surface area contributed by atoms with Gasteiger partial charge in [0.2, 0.25) is 10.0 Å². The minimum absolute atomic E-state index is 0.0168. The molecule has 18 heavy (non-hydrogen) atoms. The van der Waals surface area contributed by atoms with Gasteiger partial charge >= 0.3 is 0 Å². The highest BCUT2D eigenvalue weighted by atomic mass is 35.5. The van der Waals surface area contributed by atoms with Crippen molar-refractivity contribution in [2.45, 2.75) is 31.6 Å². The second-order valence-electron chi connectivity index (χ2n) is 3.94. The first-order chi connectivity index (χ1) is 8.45. The van der Waals surface area contributed by atoms with Crippen LogP contribution in [-0.4, -0.2) is 30.8 Å². The quantitative estimate of drug-likeness (QED) is 0.871. The Morgan fingerprint density at radius 2 is 1.83 bits per heavy atom. The van der Waals surface area contributed by atoms with Crippen LogP contribution in [0.5, 0.6) is 0 Å². The number of aromatic nitrogens is 1. The van der Waals surface area contributed by atoms with Gasteiger partial charge in [0, 0.05) is 25.5 Å². The lowest BCUT2D eigenvalue weighted by molar-refractivity contribution is 0.410. The van der Waals surface area contributed by atoms with Crippen LogP contribution in [0.4, 0.5) is 5.69 Å². The van der Waals surface area contributed by atoms with E-state index in [9.17, 15) is 8.42 Å². The number of anilines is 1. The van der Waals surface area contributed by atoms with Gasteiger partial charge in [0.05, 0.1) is 10.7 Å². The maximum absolute atomic E-state index is 12.4. The molecule has 7 heteroatoms. The van der Waals surface area contributed by atoms with E-state index in [-0.39, 0.29) is 15.6 Å². The fourth-order valence-electron chi connectivity index (χ4n) is 1.62. The maximum Gasteiger partial charge on any atom is 0.246 e. The number of nitrogens with two attached hydrogens (primary N) is 1. The van der Waals surface area contributed by atoms with Crippen molar-refractivity contribution in [2.75, 3.05) is 18.8 Å². The van der Waals surface area contributed by atoms with Crippen molar-refractivity contribution in [2.24, 2.45) is 0 Å². The number of pyridine rings is 1. The van der Waals surface area contributed by atoms with Crippen LogP contribution >= 0.6 is 11.6 Å². The maximum atomic E-state index is 12.4. The van der Waals surface area contributed by atoms with Crippen LogP contribution in [-0.2, 0) is 10.0 Å². The summed E-state index contributed by atoms with van der Waals surface area (Å²) in [4.78, 5) is 3.78. The summed E-state index contributed by atoms with van der Waals surface area (Å²) in [6, 6.07) is 0. The van der Waals surface area contributed by atoms with Gasteiger partial charge in [-0.1, -0.05) is 25.4 Å². The minimum Gasteiger partial charge on any atom is -0.396 e. The van der Waals surface area contributed by atoms with Crippen LogP contribution < -0.4 is 5.73 Å². The largest absolute Gasteiger partial charge is 0.396 e. The summed E-state index contributed by atoms with van der Waals surface area (Å²) in [5, 5.41) is 0.157. The van der Waals surface area contributed by atoms with E-state index in [0.717, 1.165) is 12.8 Å². The smallest absolute Gasteiger partial charge is 0.246 e. The van der Waals surface area contributed by atoms with Gasteiger partial charge in [-0.05, 0) is 12.8 Å². The molecule has 5 nitrogen and oxygen atoms in total. The van der Waals surface area contributed by atoms with Crippen molar-refractivity contribution >= 4 is 27.3 Å². The molecule has 0 fully saturated rings. The molecule has 0 aliphatic carbocycles. The molecule has 2 N–H and O–H groups in total. The van der Waals surface area contributed by atoms with Gasteiger partial charge in [-0.25, -0.2) is 8.42 Å². The molecular formula is C11H18ClN3O2S. The fourth-order valence-corrected chi connectivity index (χ4v) is 3.54. The van der Waals surface area contributed by atoms with E-state index in [1.807, 2.05) is 13.8 Å². The molecule has 0 saturated carbocycles. The second-order valence-corrected chi connectivity index (χ2v) is 6.25. The molecule has 0 saturated heterocycles. The number of nitrogen functional groups attached to an aromatic ring is 1. The Morgan fingerprint density at radius 1 is 1.28 bits per heavy atom. The first kappa shape index (κ1) is 15.2. The highest BCUT2D eigenvalue weighted by molar-refractivity contribution is 7.89. The topological polar surface area (TPSA) is 76.3 Å². The molecule has 0 radical (unpaired) electrons. The predicted molar refractivity (Wildman–Crippen MR) is 73.0 cm³/mol. The second kappa shape index (κ2) is 6.36. The lowest BCUT2D eigenvalue weighted by Gasteiger charge is -2.21. The summed E-state index contributed by atoms with van der Waals surface area (Å²) in [5.74, 6) is 0. The van der Waals surface area contributed by atoms with Crippen LogP contribution in [0.25, 0.3) is 0 Å². The molecule has 1 aromatic heterocycles. The van der Waals surface area contributed by atoms with Crippen molar-refractivity contribution in [1.29, 1.82) is 0 Å². The molecular weight excluding hydrogens is 274 g/mol. The zero-order chi connectivity index (χ0) is 13.8. The third-order valence-electron chi connectivity index (χ3n) is 2.47. The van der Waals surface area contributed by atoms with Gasteiger partial charge in [0.15, 0.2) is 0 Å². The van der Waals surface area contributed by atoms with E-state index in [1.165, 1.54) is 16.7 Å². The van der Waals surface area contributed by atoms with E-state index < -0.39 is 10.0 Å². The minimum atomic E-state index is -3.62. The lowest BCUT2D eigenvalue weighted by Crippen LogP contribution is -2.33. The number of halogens is 1. The number of hydrogen-bond donors (Lipinski definition) is 1. The molecule has 0 atom stereocenters. The standard InChI is InChI=1S/C11H18ClN3O2S/c1-3-5-15(6-4-2)18(16,17)10-8-14-7-9(12)11(10)13/h7-8H,3-6H2,1-2H3,(H2,13,14). The molecule has 1 aromatic rings. The Hall–Kier alpha value is -0.850. The normalized spacial score (nSPS) is 12.0. The molecule has 0 amide bonds. The number of nitrogens with zero attached hydrogens (tertiary/aromatic N) is 2. The Kier molecular flexibility index (Phi) is 5.37. The monoisotopic (exact) mass is 291 g/mol. The molecule has 1 heterocycles. The predicted octanol–water partition coefficient (Wildman–Crippen LogP) is 2.13. The molecule has 0 spiro atoms. The molecule has 0 unspecified atom stereocenters. The lowest BCUT2D eigenvalue weighted by atomic mass is 10.4. The average Bonchev–Trinajstić information content (AvgIpc) is 2.32. The Labute approximate surface area is 113 Å². The van der Waals surface area contributed by atoms with Crippen molar-refractivity contribution in [3.63, 3.8) is 0 Å². The van der Waals surface area contributed by atoms with Crippen molar-refractivity contribution in [3.8, 4) is 0 Å². The highest BCUT2D eigenvalue weighted by Gasteiger charge is 2.26. The Morgan fingerprint density at radius 3 is 2.33 bits per heavy atom. The summed E-state index contributed by atoms with van der Waals surface area (Å²) in [6.45, 7) is 4.78. The van der Waals surface area contributed by atoms with E-state index in [0.29, 0.717) is 13.1 Å². The molecule has 0 aliphatic rings. The third kappa shape index (κ3) is 3.13. The highest BCUT2D eigenvalue weighted by Crippen LogP contribution is 2.27. The summed E-state index contributed by atoms with van der Waals surface area (Å²) >= 11 is 5.81. The van der Waals surface area contributed by atoms with Gasteiger partial charge in [0.1, 0.15) is 4.90 Å². The van der Waals surface area contributed by atoms with Gasteiger partial charge in [-0.15, -0.1) is 0 Å².